The number of fused-ring (bicyclic) bond motifs is 1. The molecule has 0 unspecified atom stereocenters. The maximum absolute atomic E-state index is 14.1. The van der Waals surface area contributed by atoms with E-state index in [1.165, 1.54) is 14.2 Å². The molecule has 1 aliphatic carbocycles. The number of hydrogen-bond donors (Lipinski definition) is 1. The summed E-state index contributed by atoms with van der Waals surface area (Å²) in [4.78, 5) is 15.9. The van der Waals surface area contributed by atoms with E-state index in [4.69, 9.17) is 9.47 Å². The maximum atomic E-state index is 14.1. The molecule has 25 heavy (non-hydrogen) atoms. The molecule has 3 rings (SSSR count). The molecule has 1 aromatic heterocycles. The average molecular weight is 344 g/mol. The second-order valence-electron chi connectivity index (χ2n) is 6.07. The first kappa shape index (κ1) is 17.2. The van der Waals surface area contributed by atoms with E-state index in [1.807, 2.05) is 0 Å². The summed E-state index contributed by atoms with van der Waals surface area (Å²) in [6.45, 7) is 0.592. The highest BCUT2D eigenvalue weighted by molar-refractivity contribution is 5.95. The maximum Gasteiger partial charge on any atom is 0.340 e. The fraction of sp³-hybridized carbons (Fsp3) is 0.368. The van der Waals surface area contributed by atoms with Crippen LogP contribution in [0.4, 0.5) is 10.1 Å². The standard InChI is InChI=1S/C19H21FN2O3/c1-24-18-8-12-4-3-5-13(15(12)9-16(18)20)10-22-17-11-21-7-6-14(17)19(23)25-2/h6-9,11,13,22H,3-5,10H2,1-2H3/t13-/m0/s1. The smallest absolute Gasteiger partial charge is 0.340 e. The van der Waals surface area contributed by atoms with Crippen LogP contribution in [0.5, 0.6) is 5.75 Å². The van der Waals surface area contributed by atoms with Gasteiger partial charge in [0.05, 0.1) is 31.7 Å². The number of halogens is 1. The lowest BCUT2D eigenvalue weighted by atomic mass is 9.82. The number of nitrogens with zero attached hydrogens (tertiary/aromatic N) is 1. The van der Waals surface area contributed by atoms with Crippen LogP contribution in [0.3, 0.4) is 0 Å². The van der Waals surface area contributed by atoms with Crippen molar-refractivity contribution in [2.75, 3.05) is 26.1 Å². The van der Waals surface area contributed by atoms with Gasteiger partial charge in [-0.05, 0) is 48.6 Å². The topological polar surface area (TPSA) is 60.5 Å². The van der Waals surface area contributed by atoms with Crippen LogP contribution < -0.4 is 10.1 Å². The normalized spacial score (nSPS) is 16.0. The number of ether oxygens (including phenoxy) is 2. The average Bonchev–Trinajstić information content (AvgIpc) is 2.65. The lowest BCUT2D eigenvalue weighted by Crippen LogP contribution is -2.20. The van der Waals surface area contributed by atoms with E-state index in [-0.39, 0.29) is 17.5 Å². The monoisotopic (exact) mass is 344 g/mol. The molecule has 2 aromatic rings. The van der Waals surface area contributed by atoms with Crippen LogP contribution in [0.2, 0.25) is 0 Å². The molecule has 1 aliphatic rings. The van der Waals surface area contributed by atoms with Crippen LogP contribution in [-0.4, -0.2) is 31.7 Å². The molecule has 132 valence electrons. The molecule has 1 aromatic carbocycles. The third-order valence-electron chi connectivity index (χ3n) is 4.62. The Morgan fingerprint density at radius 1 is 1.40 bits per heavy atom. The summed E-state index contributed by atoms with van der Waals surface area (Å²) in [6.07, 6.45) is 6.06. The van der Waals surface area contributed by atoms with Crippen molar-refractivity contribution in [1.82, 2.24) is 4.98 Å². The van der Waals surface area contributed by atoms with Gasteiger partial charge in [-0.1, -0.05) is 0 Å². The number of carbonyl (C=O) groups excluding carboxylic acids is 1. The first-order chi connectivity index (χ1) is 12.1. The number of carbonyl (C=O) groups is 1. The molecule has 0 amide bonds. The minimum atomic E-state index is -0.412. The molecule has 0 aliphatic heterocycles. The molecular weight excluding hydrogens is 323 g/mol. The SMILES string of the molecule is COC(=O)c1ccncc1NC[C@@H]1CCCc2cc(OC)c(F)cc21. The predicted molar refractivity (Wildman–Crippen MR) is 92.7 cm³/mol. The molecule has 6 heteroatoms. The Kier molecular flexibility index (Phi) is 5.16. The molecular formula is C19H21FN2O3. The number of esters is 1. The van der Waals surface area contributed by atoms with Gasteiger partial charge in [0, 0.05) is 18.7 Å². The van der Waals surface area contributed by atoms with E-state index in [1.54, 1.807) is 30.6 Å². The van der Waals surface area contributed by atoms with Crippen LogP contribution in [0.25, 0.3) is 0 Å². The van der Waals surface area contributed by atoms with Crippen molar-refractivity contribution in [3.05, 3.63) is 53.1 Å². The lowest BCUT2D eigenvalue weighted by Gasteiger charge is -2.27. The van der Waals surface area contributed by atoms with Gasteiger partial charge in [-0.25, -0.2) is 9.18 Å². The number of aromatic nitrogens is 1. The largest absolute Gasteiger partial charge is 0.494 e. The quantitative estimate of drug-likeness (QED) is 0.841. The molecule has 1 N–H and O–H groups in total. The first-order valence-electron chi connectivity index (χ1n) is 8.26. The first-order valence-corrected chi connectivity index (χ1v) is 8.26. The Labute approximate surface area is 146 Å². The predicted octanol–water partition coefficient (Wildman–Crippen LogP) is 3.55. The Balaban J connectivity index is 1.80. The molecule has 1 heterocycles. The number of rotatable bonds is 5. The molecule has 5 nitrogen and oxygen atoms in total. The van der Waals surface area contributed by atoms with Crippen LogP contribution in [0, 0.1) is 5.82 Å². The van der Waals surface area contributed by atoms with E-state index in [0.29, 0.717) is 17.8 Å². The molecule has 0 fully saturated rings. The number of anilines is 1. The highest BCUT2D eigenvalue weighted by Crippen LogP contribution is 2.35. The zero-order valence-electron chi connectivity index (χ0n) is 14.3. The van der Waals surface area contributed by atoms with Crippen LogP contribution in [0.15, 0.2) is 30.6 Å². The summed E-state index contributed by atoms with van der Waals surface area (Å²) in [5.74, 6) is -0.308. The minimum Gasteiger partial charge on any atom is -0.494 e. The van der Waals surface area contributed by atoms with Gasteiger partial charge in [0.25, 0.3) is 0 Å². The highest BCUT2D eigenvalue weighted by Gasteiger charge is 2.23. The van der Waals surface area contributed by atoms with Crippen LogP contribution in [0.1, 0.15) is 40.2 Å². The van der Waals surface area contributed by atoms with Gasteiger partial charge in [-0.15, -0.1) is 0 Å². The summed E-state index contributed by atoms with van der Waals surface area (Å²) in [7, 11) is 2.82. The van der Waals surface area contributed by atoms with Gasteiger partial charge in [-0.3, -0.25) is 4.98 Å². The van der Waals surface area contributed by atoms with Gasteiger partial charge in [0.2, 0.25) is 0 Å². The summed E-state index contributed by atoms with van der Waals surface area (Å²) >= 11 is 0. The van der Waals surface area contributed by atoms with Gasteiger partial charge in [0.1, 0.15) is 0 Å². The Morgan fingerprint density at radius 2 is 2.24 bits per heavy atom. The summed E-state index contributed by atoms with van der Waals surface area (Å²) < 4.78 is 24.0. The third-order valence-corrected chi connectivity index (χ3v) is 4.62. The van der Waals surface area contributed by atoms with Crippen LogP contribution in [-0.2, 0) is 11.2 Å². The second-order valence-corrected chi connectivity index (χ2v) is 6.07. The van der Waals surface area contributed by atoms with Crippen molar-refractivity contribution < 1.29 is 18.7 Å². The molecule has 0 radical (unpaired) electrons. The van der Waals surface area contributed by atoms with E-state index in [2.05, 4.69) is 10.3 Å². The number of hydrogen-bond acceptors (Lipinski definition) is 5. The molecule has 1 atom stereocenters. The van der Waals surface area contributed by atoms with E-state index >= 15 is 0 Å². The van der Waals surface area contributed by atoms with Gasteiger partial charge in [-0.2, -0.15) is 0 Å². The van der Waals surface area contributed by atoms with Crippen molar-refractivity contribution in [3.63, 3.8) is 0 Å². The van der Waals surface area contributed by atoms with Crippen molar-refractivity contribution in [1.29, 1.82) is 0 Å². The lowest BCUT2D eigenvalue weighted by molar-refractivity contribution is 0.0601. The summed E-state index contributed by atoms with van der Waals surface area (Å²) in [6, 6.07) is 4.98. The molecule has 0 saturated heterocycles. The van der Waals surface area contributed by atoms with E-state index in [9.17, 15) is 9.18 Å². The zero-order valence-corrected chi connectivity index (χ0v) is 14.3. The fourth-order valence-corrected chi connectivity index (χ4v) is 3.33. The number of pyridine rings is 1. The number of aryl methyl sites for hydroxylation is 1. The van der Waals surface area contributed by atoms with Crippen molar-refractivity contribution >= 4 is 11.7 Å². The highest BCUT2D eigenvalue weighted by atomic mass is 19.1. The molecule has 0 spiro atoms. The van der Waals surface area contributed by atoms with E-state index in [0.717, 1.165) is 30.4 Å². The van der Waals surface area contributed by atoms with Crippen molar-refractivity contribution in [2.24, 2.45) is 0 Å². The van der Waals surface area contributed by atoms with Gasteiger partial charge in [0.15, 0.2) is 11.6 Å². The van der Waals surface area contributed by atoms with E-state index < -0.39 is 5.97 Å². The molecule has 0 bridgehead atoms. The number of nitrogens with one attached hydrogen (secondary N) is 1. The second kappa shape index (κ2) is 7.51. The van der Waals surface area contributed by atoms with Crippen molar-refractivity contribution in [3.8, 4) is 5.75 Å². The third kappa shape index (κ3) is 3.57. The Morgan fingerprint density at radius 3 is 3.00 bits per heavy atom. The van der Waals surface area contributed by atoms with Gasteiger partial charge < -0.3 is 14.8 Å². The summed E-state index contributed by atoms with van der Waals surface area (Å²) in [5.41, 5.74) is 3.18. The molecule has 0 saturated carbocycles. The van der Waals surface area contributed by atoms with Crippen molar-refractivity contribution in [2.45, 2.75) is 25.2 Å². The Hall–Kier alpha value is -2.63. The zero-order chi connectivity index (χ0) is 17.8. The Bertz CT molecular complexity index is 779. The number of methoxy groups -OCH3 is 2. The van der Waals surface area contributed by atoms with Crippen LogP contribution >= 0.6 is 0 Å². The van der Waals surface area contributed by atoms with Gasteiger partial charge >= 0.3 is 5.97 Å². The summed E-state index contributed by atoms with van der Waals surface area (Å²) in [5, 5.41) is 3.27. The number of benzene rings is 1. The minimum absolute atomic E-state index is 0.162. The fourth-order valence-electron chi connectivity index (χ4n) is 3.33.